The molecule has 3 aromatic rings. The van der Waals surface area contributed by atoms with Crippen LogP contribution in [0.2, 0.25) is 0 Å². The van der Waals surface area contributed by atoms with Crippen LogP contribution in [0.4, 0.5) is 22.7 Å². The number of oxazole rings is 1. The molecule has 0 saturated carbocycles. The summed E-state index contributed by atoms with van der Waals surface area (Å²) < 4.78 is 5.36. The molecule has 0 amide bonds. The predicted molar refractivity (Wildman–Crippen MR) is 81.8 cm³/mol. The van der Waals surface area contributed by atoms with Crippen LogP contribution in [-0.4, -0.2) is 14.8 Å². The molecule has 0 atom stereocenters. The van der Waals surface area contributed by atoms with Crippen molar-refractivity contribution in [2.45, 2.75) is 6.92 Å². The first-order valence-corrected chi connectivity index (χ1v) is 6.51. The molecule has 9 nitrogen and oxygen atoms in total. The van der Waals surface area contributed by atoms with Gasteiger partial charge in [0.15, 0.2) is 11.5 Å². The number of nitro groups is 2. The van der Waals surface area contributed by atoms with Gasteiger partial charge in [-0.15, -0.1) is 0 Å². The summed E-state index contributed by atoms with van der Waals surface area (Å²) in [7, 11) is 0. The highest BCUT2D eigenvalue weighted by Gasteiger charge is 2.19. The molecule has 0 unspecified atom stereocenters. The van der Waals surface area contributed by atoms with Gasteiger partial charge in [-0.3, -0.25) is 20.2 Å². The molecular weight excluding hydrogens is 304 g/mol. The van der Waals surface area contributed by atoms with Gasteiger partial charge in [-0.05, 0) is 24.3 Å². The van der Waals surface area contributed by atoms with E-state index in [1.807, 2.05) is 0 Å². The van der Waals surface area contributed by atoms with Crippen molar-refractivity contribution in [1.82, 2.24) is 4.98 Å². The number of rotatable bonds is 4. The van der Waals surface area contributed by atoms with E-state index in [2.05, 4.69) is 10.3 Å². The third-order valence-corrected chi connectivity index (χ3v) is 3.16. The van der Waals surface area contributed by atoms with Crippen LogP contribution in [0.3, 0.4) is 0 Å². The van der Waals surface area contributed by atoms with Crippen LogP contribution in [0, 0.1) is 27.2 Å². The minimum absolute atomic E-state index is 0.153. The van der Waals surface area contributed by atoms with Gasteiger partial charge in [-0.25, -0.2) is 4.98 Å². The average molecular weight is 314 g/mol. The molecule has 3 rings (SSSR count). The van der Waals surface area contributed by atoms with Gasteiger partial charge >= 0.3 is 0 Å². The minimum Gasteiger partial charge on any atom is -0.441 e. The van der Waals surface area contributed by atoms with Crippen molar-refractivity contribution < 1.29 is 14.3 Å². The molecule has 23 heavy (non-hydrogen) atoms. The number of nitrogens with zero attached hydrogens (tertiary/aromatic N) is 3. The maximum atomic E-state index is 11.1. The molecule has 0 radical (unpaired) electrons. The fourth-order valence-electron chi connectivity index (χ4n) is 2.17. The Morgan fingerprint density at radius 1 is 1.09 bits per heavy atom. The molecule has 0 saturated heterocycles. The number of non-ortho nitro benzene ring substituents is 1. The first-order valence-electron chi connectivity index (χ1n) is 6.51. The van der Waals surface area contributed by atoms with Crippen molar-refractivity contribution in [3.05, 3.63) is 62.5 Å². The largest absolute Gasteiger partial charge is 0.441 e. The Morgan fingerprint density at radius 2 is 1.87 bits per heavy atom. The van der Waals surface area contributed by atoms with Gasteiger partial charge in [0.25, 0.3) is 11.4 Å². The van der Waals surface area contributed by atoms with Crippen molar-refractivity contribution in [2.75, 3.05) is 5.32 Å². The number of benzene rings is 2. The van der Waals surface area contributed by atoms with Crippen LogP contribution in [0.1, 0.15) is 5.89 Å². The van der Waals surface area contributed by atoms with Gasteiger partial charge in [0.2, 0.25) is 0 Å². The summed E-state index contributed by atoms with van der Waals surface area (Å²) in [6.07, 6.45) is 0. The summed E-state index contributed by atoms with van der Waals surface area (Å²) in [6, 6.07) is 8.47. The third kappa shape index (κ3) is 2.79. The van der Waals surface area contributed by atoms with Crippen LogP contribution in [0.15, 0.2) is 40.8 Å². The number of aryl methyl sites for hydroxylation is 1. The molecule has 0 aliphatic heterocycles. The fourth-order valence-corrected chi connectivity index (χ4v) is 2.17. The highest BCUT2D eigenvalue weighted by molar-refractivity contribution is 5.80. The van der Waals surface area contributed by atoms with E-state index in [9.17, 15) is 20.2 Å². The summed E-state index contributed by atoms with van der Waals surface area (Å²) in [5.74, 6) is 0.512. The molecule has 1 N–H and O–H groups in total. The Morgan fingerprint density at radius 3 is 2.57 bits per heavy atom. The van der Waals surface area contributed by atoms with E-state index in [0.717, 1.165) is 6.07 Å². The Hall–Kier alpha value is -3.49. The van der Waals surface area contributed by atoms with Gasteiger partial charge < -0.3 is 9.73 Å². The number of anilines is 2. The summed E-state index contributed by atoms with van der Waals surface area (Å²) in [4.78, 5) is 24.7. The second-order valence-corrected chi connectivity index (χ2v) is 4.76. The number of hydrogen-bond acceptors (Lipinski definition) is 7. The van der Waals surface area contributed by atoms with Gasteiger partial charge in [-0.2, -0.15) is 0 Å². The number of hydrogen-bond donors (Lipinski definition) is 1. The maximum absolute atomic E-state index is 11.1. The molecule has 0 spiro atoms. The van der Waals surface area contributed by atoms with Gasteiger partial charge in [-0.1, -0.05) is 0 Å². The number of nitrogens with one attached hydrogen (secondary N) is 1. The number of nitro benzene ring substituents is 2. The molecule has 2 aromatic carbocycles. The first-order chi connectivity index (χ1) is 10.9. The normalized spacial score (nSPS) is 10.7. The lowest BCUT2D eigenvalue weighted by Gasteiger charge is -2.06. The van der Waals surface area contributed by atoms with Gasteiger partial charge in [0.05, 0.1) is 15.9 Å². The second-order valence-electron chi connectivity index (χ2n) is 4.76. The zero-order valence-electron chi connectivity index (χ0n) is 11.8. The third-order valence-electron chi connectivity index (χ3n) is 3.16. The van der Waals surface area contributed by atoms with Crippen molar-refractivity contribution in [2.24, 2.45) is 0 Å². The van der Waals surface area contributed by atoms with Gasteiger partial charge in [0.1, 0.15) is 11.2 Å². The summed E-state index contributed by atoms with van der Waals surface area (Å²) in [6.45, 7) is 1.72. The molecule has 0 bridgehead atoms. The van der Waals surface area contributed by atoms with E-state index in [-0.39, 0.29) is 17.1 Å². The Balaban J connectivity index is 2.00. The zero-order chi connectivity index (χ0) is 16.6. The maximum Gasteiger partial charge on any atom is 0.299 e. The topological polar surface area (TPSA) is 124 Å². The van der Waals surface area contributed by atoms with Crippen molar-refractivity contribution in [3.63, 3.8) is 0 Å². The van der Waals surface area contributed by atoms with Crippen LogP contribution in [0.5, 0.6) is 0 Å². The fraction of sp³-hybridized carbons (Fsp3) is 0.0714. The predicted octanol–water partition coefficient (Wildman–Crippen LogP) is 3.70. The molecule has 0 fully saturated rings. The molecule has 9 heteroatoms. The average Bonchev–Trinajstić information content (AvgIpc) is 2.86. The number of fused-ring (bicyclic) bond motifs is 1. The summed E-state index contributed by atoms with van der Waals surface area (Å²) in [5, 5.41) is 24.7. The highest BCUT2D eigenvalue weighted by atomic mass is 16.6. The van der Waals surface area contributed by atoms with Crippen LogP contribution in [0.25, 0.3) is 11.1 Å². The number of aromatic nitrogens is 1. The highest BCUT2D eigenvalue weighted by Crippen LogP contribution is 2.32. The Bertz CT molecular complexity index is 934. The van der Waals surface area contributed by atoms with Crippen LogP contribution in [-0.2, 0) is 0 Å². The summed E-state index contributed by atoms with van der Waals surface area (Å²) in [5.41, 5.74) is 1.20. The molecule has 1 heterocycles. The summed E-state index contributed by atoms with van der Waals surface area (Å²) >= 11 is 0. The van der Waals surface area contributed by atoms with E-state index in [0.29, 0.717) is 22.7 Å². The second kappa shape index (κ2) is 5.37. The monoisotopic (exact) mass is 314 g/mol. The lowest BCUT2D eigenvalue weighted by Crippen LogP contribution is -1.98. The van der Waals surface area contributed by atoms with Crippen molar-refractivity contribution in [3.8, 4) is 0 Å². The van der Waals surface area contributed by atoms with E-state index < -0.39 is 9.85 Å². The molecule has 0 aliphatic carbocycles. The van der Waals surface area contributed by atoms with E-state index in [4.69, 9.17) is 4.42 Å². The minimum atomic E-state index is -0.680. The standard InChI is InChI=1S/C14H10N4O5/c1-8-15-12-6-9(2-5-14(12)23-8)16-11-4-3-10(17(19)20)7-13(11)18(21)22/h2-7,16H,1H3. The zero-order valence-corrected chi connectivity index (χ0v) is 11.8. The first kappa shape index (κ1) is 14.4. The van der Waals surface area contributed by atoms with Crippen LogP contribution < -0.4 is 5.32 Å². The molecule has 116 valence electrons. The van der Waals surface area contributed by atoms with Crippen molar-refractivity contribution in [1.29, 1.82) is 0 Å². The lowest BCUT2D eigenvalue weighted by atomic mass is 10.2. The van der Waals surface area contributed by atoms with E-state index >= 15 is 0 Å². The van der Waals surface area contributed by atoms with Crippen LogP contribution >= 0.6 is 0 Å². The molecule has 1 aromatic heterocycles. The van der Waals surface area contributed by atoms with E-state index in [1.165, 1.54) is 12.1 Å². The Kier molecular flexibility index (Phi) is 3.37. The lowest BCUT2D eigenvalue weighted by molar-refractivity contribution is -0.393. The smallest absolute Gasteiger partial charge is 0.299 e. The Labute approximate surface area is 128 Å². The molecule has 0 aliphatic rings. The van der Waals surface area contributed by atoms with Gasteiger partial charge in [0, 0.05) is 18.7 Å². The van der Waals surface area contributed by atoms with E-state index in [1.54, 1.807) is 25.1 Å². The SMILES string of the molecule is Cc1nc2cc(Nc3ccc([N+](=O)[O-])cc3[N+](=O)[O-])ccc2o1. The van der Waals surface area contributed by atoms with Crippen molar-refractivity contribution >= 4 is 33.8 Å². The quantitative estimate of drug-likeness (QED) is 0.575. The molecular formula is C14H10N4O5.